The Hall–Kier alpha value is -2.43. The summed E-state index contributed by atoms with van der Waals surface area (Å²) < 4.78 is 33.5. The van der Waals surface area contributed by atoms with Crippen LogP contribution in [0.4, 0.5) is 8.78 Å². The second kappa shape index (κ2) is 4.35. The Morgan fingerprint density at radius 1 is 1.21 bits per heavy atom. The molecular formula is C14H10F2N2O. The average Bonchev–Trinajstić information content (AvgIpc) is 2.81. The Labute approximate surface area is 108 Å². The lowest BCUT2D eigenvalue weighted by Crippen LogP contribution is -1.88. The second-order valence-electron chi connectivity index (χ2n) is 4.06. The fourth-order valence-corrected chi connectivity index (χ4v) is 1.97. The summed E-state index contributed by atoms with van der Waals surface area (Å²) in [4.78, 5) is 4.32. The van der Waals surface area contributed by atoms with Crippen molar-refractivity contribution in [2.45, 2.75) is 0 Å². The molecule has 0 atom stereocenters. The van der Waals surface area contributed by atoms with E-state index in [-0.39, 0.29) is 5.56 Å². The normalized spacial score (nSPS) is 10.9. The van der Waals surface area contributed by atoms with E-state index in [1.54, 1.807) is 36.0 Å². The first-order valence-corrected chi connectivity index (χ1v) is 5.66. The molecule has 0 fully saturated rings. The number of nitrogens with zero attached hydrogens (tertiary/aromatic N) is 2. The molecule has 2 aromatic heterocycles. The highest BCUT2D eigenvalue weighted by Gasteiger charge is 2.12. The maximum absolute atomic E-state index is 13.7. The highest BCUT2D eigenvalue weighted by atomic mass is 19.1. The predicted molar refractivity (Wildman–Crippen MR) is 67.1 cm³/mol. The number of imidazole rings is 1. The standard InChI is InChI=1S/C14H10F2N2O/c1-19-13-3-2-6-18-8-12(17-14(13)18)10-5-4-9(15)7-11(10)16/h2-8H,1H3. The van der Waals surface area contributed by atoms with Crippen molar-refractivity contribution in [1.82, 2.24) is 9.38 Å². The van der Waals surface area contributed by atoms with Crippen LogP contribution in [0.5, 0.6) is 5.75 Å². The average molecular weight is 260 g/mol. The van der Waals surface area contributed by atoms with Gasteiger partial charge in [0.25, 0.3) is 0 Å². The van der Waals surface area contributed by atoms with Crippen LogP contribution in [-0.4, -0.2) is 16.5 Å². The number of hydrogen-bond donors (Lipinski definition) is 0. The summed E-state index contributed by atoms with van der Waals surface area (Å²) in [6.07, 6.45) is 3.46. The Bertz CT molecular complexity index is 752. The van der Waals surface area contributed by atoms with Gasteiger partial charge in [-0.3, -0.25) is 0 Å². The molecule has 0 saturated heterocycles. The number of rotatable bonds is 2. The Morgan fingerprint density at radius 2 is 2.05 bits per heavy atom. The lowest BCUT2D eigenvalue weighted by Gasteiger charge is -1.99. The Balaban J connectivity index is 2.20. The highest BCUT2D eigenvalue weighted by molar-refractivity contribution is 5.66. The largest absolute Gasteiger partial charge is 0.493 e. The summed E-state index contributed by atoms with van der Waals surface area (Å²) in [5.41, 5.74) is 1.28. The predicted octanol–water partition coefficient (Wildman–Crippen LogP) is 3.29. The molecule has 0 aliphatic heterocycles. The Kier molecular flexibility index (Phi) is 2.67. The van der Waals surface area contributed by atoms with Gasteiger partial charge in [0.2, 0.25) is 0 Å². The van der Waals surface area contributed by atoms with Crippen LogP contribution in [0.15, 0.2) is 42.7 Å². The van der Waals surface area contributed by atoms with E-state index in [9.17, 15) is 8.78 Å². The molecular weight excluding hydrogens is 250 g/mol. The maximum Gasteiger partial charge on any atom is 0.180 e. The van der Waals surface area contributed by atoms with Gasteiger partial charge in [-0.15, -0.1) is 0 Å². The van der Waals surface area contributed by atoms with Crippen molar-refractivity contribution in [3.63, 3.8) is 0 Å². The molecule has 3 rings (SSSR count). The van der Waals surface area contributed by atoms with Crippen molar-refractivity contribution in [1.29, 1.82) is 0 Å². The van der Waals surface area contributed by atoms with Crippen LogP contribution >= 0.6 is 0 Å². The summed E-state index contributed by atoms with van der Waals surface area (Å²) >= 11 is 0. The minimum atomic E-state index is -0.637. The molecule has 3 aromatic rings. The first-order chi connectivity index (χ1) is 9.19. The number of fused-ring (bicyclic) bond motifs is 1. The van der Waals surface area contributed by atoms with Gasteiger partial charge >= 0.3 is 0 Å². The molecule has 0 spiro atoms. The molecule has 0 amide bonds. The van der Waals surface area contributed by atoms with Gasteiger partial charge in [-0.2, -0.15) is 0 Å². The van der Waals surface area contributed by atoms with Crippen molar-refractivity contribution >= 4 is 5.65 Å². The van der Waals surface area contributed by atoms with Crippen LogP contribution in [0.3, 0.4) is 0 Å². The number of ether oxygens (including phenoxy) is 1. The molecule has 0 unspecified atom stereocenters. The number of hydrogen-bond acceptors (Lipinski definition) is 2. The van der Waals surface area contributed by atoms with Crippen LogP contribution in [0.2, 0.25) is 0 Å². The van der Waals surface area contributed by atoms with E-state index in [2.05, 4.69) is 4.98 Å². The first kappa shape index (κ1) is 11.6. The van der Waals surface area contributed by atoms with Gasteiger partial charge in [0, 0.05) is 24.0 Å². The third-order valence-electron chi connectivity index (χ3n) is 2.87. The molecule has 0 radical (unpaired) electrons. The summed E-state index contributed by atoms with van der Waals surface area (Å²) in [7, 11) is 1.54. The molecule has 0 aliphatic rings. The molecule has 19 heavy (non-hydrogen) atoms. The minimum Gasteiger partial charge on any atom is -0.493 e. The van der Waals surface area contributed by atoms with E-state index < -0.39 is 11.6 Å². The van der Waals surface area contributed by atoms with E-state index in [4.69, 9.17) is 4.74 Å². The third kappa shape index (κ3) is 1.93. The molecule has 5 heteroatoms. The highest BCUT2D eigenvalue weighted by Crippen LogP contribution is 2.26. The molecule has 0 N–H and O–H groups in total. The molecule has 96 valence electrons. The summed E-state index contributed by atoms with van der Waals surface area (Å²) in [6.45, 7) is 0. The van der Waals surface area contributed by atoms with Gasteiger partial charge < -0.3 is 9.14 Å². The summed E-state index contributed by atoms with van der Waals surface area (Å²) in [5, 5.41) is 0. The van der Waals surface area contributed by atoms with E-state index in [0.29, 0.717) is 17.1 Å². The molecule has 0 bridgehead atoms. The number of halogens is 2. The van der Waals surface area contributed by atoms with E-state index in [1.807, 2.05) is 0 Å². The zero-order valence-electron chi connectivity index (χ0n) is 10.1. The van der Waals surface area contributed by atoms with Crippen LogP contribution in [0.25, 0.3) is 16.9 Å². The zero-order chi connectivity index (χ0) is 13.4. The second-order valence-corrected chi connectivity index (χ2v) is 4.06. The van der Waals surface area contributed by atoms with Gasteiger partial charge in [-0.1, -0.05) is 0 Å². The molecule has 0 saturated carbocycles. The lowest BCUT2D eigenvalue weighted by molar-refractivity contribution is 0.417. The van der Waals surface area contributed by atoms with E-state index >= 15 is 0 Å². The molecule has 1 aromatic carbocycles. The summed E-state index contributed by atoms with van der Waals surface area (Å²) in [6, 6.07) is 7.00. The van der Waals surface area contributed by atoms with Crippen molar-refractivity contribution < 1.29 is 13.5 Å². The number of aromatic nitrogens is 2. The quantitative estimate of drug-likeness (QED) is 0.706. The molecule has 2 heterocycles. The first-order valence-electron chi connectivity index (χ1n) is 5.66. The Morgan fingerprint density at radius 3 is 2.79 bits per heavy atom. The van der Waals surface area contributed by atoms with Crippen molar-refractivity contribution in [2.24, 2.45) is 0 Å². The van der Waals surface area contributed by atoms with Crippen LogP contribution < -0.4 is 4.74 Å². The maximum atomic E-state index is 13.7. The monoisotopic (exact) mass is 260 g/mol. The van der Waals surface area contributed by atoms with Crippen molar-refractivity contribution in [3.8, 4) is 17.0 Å². The zero-order valence-corrected chi connectivity index (χ0v) is 10.1. The van der Waals surface area contributed by atoms with Gasteiger partial charge in [0.1, 0.15) is 11.6 Å². The lowest BCUT2D eigenvalue weighted by atomic mass is 10.1. The number of pyridine rings is 1. The minimum absolute atomic E-state index is 0.257. The van der Waals surface area contributed by atoms with Gasteiger partial charge in [0.05, 0.1) is 12.8 Å². The fraction of sp³-hybridized carbons (Fsp3) is 0.0714. The van der Waals surface area contributed by atoms with Gasteiger partial charge in [-0.25, -0.2) is 13.8 Å². The molecule has 0 aliphatic carbocycles. The third-order valence-corrected chi connectivity index (χ3v) is 2.87. The number of benzene rings is 1. The molecule has 3 nitrogen and oxygen atoms in total. The number of methoxy groups -OCH3 is 1. The van der Waals surface area contributed by atoms with E-state index in [1.165, 1.54) is 12.1 Å². The summed E-state index contributed by atoms with van der Waals surface area (Å²) in [5.74, 6) is -0.652. The van der Waals surface area contributed by atoms with Crippen LogP contribution in [0, 0.1) is 11.6 Å². The van der Waals surface area contributed by atoms with Crippen molar-refractivity contribution in [2.75, 3.05) is 7.11 Å². The SMILES string of the molecule is COc1cccn2cc(-c3ccc(F)cc3F)nc12. The van der Waals surface area contributed by atoms with E-state index in [0.717, 1.165) is 6.07 Å². The van der Waals surface area contributed by atoms with Gasteiger partial charge in [0.15, 0.2) is 11.4 Å². The fourth-order valence-electron chi connectivity index (χ4n) is 1.97. The van der Waals surface area contributed by atoms with Gasteiger partial charge in [-0.05, 0) is 24.3 Å². The van der Waals surface area contributed by atoms with Crippen LogP contribution in [-0.2, 0) is 0 Å². The topological polar surface area (TPSA) is 26.5 Å². The van der Waals surface area contributed by atoms with Crippen molar-refractivity contribution in [3.05, 3.63) is 54.4 Å². The van der Waals surface area contributed by atoms with Crippen LogP contribution in [0.1, 0.15) is 0 Å². The smallest absolute Gasteiger partial charge is 0.180 e.